The molecule has 2 saturated heterocycles. The highest BCUT2D eigenvalue weighted by atomic mass is 16.7. The summed E-state index contributed by atoms with van der Waals surface area (Å²) in [5.74, 6) is -0.411. The van der Waals surface area contributed by atoms with E-state index in [1.807, 2.05) is 30.3 Å². The van der Waals surface area contributed by atoms with Crippen molar-refractivity contribution in [3.63, 3.8) is 0 Å². The molecule has 5 heteroatoms. The predicted octanol–water partition coefficient (Wildman–Crippen LogP) is 1.86. The molecule has 22 heavy (non-hydrogen) atoms. The van der Waals surface area contributed by atoms with Crippen LogP contribution in [0.3, 0.4) is 0 Å². The van der Waals surface area contributed by atoms with Crippen LogP contribution >= 0.6 is 0 Å². The number of ether oxygens (including phenoxy) is 4. The maximum atomic E-state index is 11.6. The molecule has 5 nitrogen and oxygen atoms in total. The van der Waals surface area contributed by atoms with Crippen LogP contribution in [-0.4, -0.2) is 43.6 Å². The second-order valence-corrected chi connectivity index (χ2v) is 5.66. The van der Waals surface area contributed by atoms with Crippen molar-refractivity contribution in [2.24, 2.45) is 0 Å². The van der Waals surface area contributed by atoms with E-state index >= 15 is 0 Å². The summed E-state index contributed by atoms with van der Waals surface area (Å²) in [6.07, 6.45) is -0.978. The first kappa shape index (κ1) is 15.2. The lowest BCUT2D eigenvalue weighted by Crippen LogP contribution is -2.35. The van der Waals surface area contributed by atoms with E-state index in [1.165, 1.54) is 0 Å². The zero-order valence-corrected chi connectivity index (χ0v) is 12.6. The van der Waals surface area contributed by atoms with E-state index < -0.39 is 5.97 Å². The van der Waals surface area contributed by atoms with Crippen molar-refractivity contribution in [2.45, 2.75) is 37.9 Å². The third kappa shape index (κ3) is 3.21. The number of hydrogen-bond donors (Lipinski definition) is 0. The normalized spacial score (nSPS) is 30.0. The summed E-state index contributed by atoms with van der Waals surface area (Å²) in [7, 11) is 0. The Kier molecular flexibility index (Phi) is 4.57. The molecule has 1 aromatic carbocycles. The molecule has 0 unspecified atom stereocenters. The van der Waals surface area contributed by atoms with Gasteiger partial charge in [-0.15, -0.1) is 0 Å². The fourth-order valence-corrected chi connectivity index (χ4v) is 2.69. The zero-order chi connectivity index (χ0) is 15.5. The molecular weight excluding hydrogens is 284 g/mol. The first-order valence-electron chi connectivity index (χ1n) is 7.40. The summed E-state index contributed by atoms with van der Waals surface area (Å²) in [5, 5.41) is 0. The lowest BCUT2D eigenvalue weighted by molar-refractivity contribution is -0.149. The zero-order valence-electron chi connectivity index (χ0n) is 12.6. The van der Waals surface area contributed by atoms with E-state index in [2.05, 4.69) is 6.58 Å². The van der Waals surface area contributed by atoms with Crippen LogP contribution < -0.4 is 0 Å². The Morgan fingerprint density at radius 3 is 2.50 bits per heavy atom. The number of rotatable bonds is 5. The molecule has 0 radical (unpaired) electrons. The van der Waals surface area contributed by atoms with Crippen LogP contribution in [0.2, 0.25) is 0 Å². The average molecular weight is 304 g/mol. The van der Waals surface area contributed by atoms with Crippen LogP contribution in [0.25, 0.3) is 0 Å². The fraction of sp³-hybridized carbons (Fsp3) is 0.471. The van der Waals surface area contributed by atoms with Gasteiger partial charge >= 0.3 is 5.97 Å². The van der Waals surface area contributed by atoms with Gasteiger partial charge in [-0.05, 0) is 12.5 Å². The molecule has 3 rings (SSSR count). The molecule has 2 heterocycles. The summed E-state index contributed by atoms with van der Waals surface area (Å²) in [6.45, 7) is 6.49. The molecule has 0 N–H and O–H groups in total. The second-order valence-electron chi connectivity index (χ2n) is 5.66. The smallest absolute Gasteiger partial charge is 0.333 e. The predicted molar refractivity (Wildman–Crippen MR) is 79.2 cm³/mol. The van der Waals surface area contributed by atoms with Crippen LogP contribution in [0.1, 0.15) is 12.5 Å². The standard InChI is InChI=1S/C17H20O5/c1-11(2)17(18)22-14-10-21-15-13(9-20-16(14)15)19-8-12-6-4-3-5-7-12/h3-7,13-16H,1,8-10H2,2H3/t13-,14+,15-,16-/m1/s1. The maximum Gasteiger partial charge on any atom is 0.333 e. The Labute approximate surface area is 129 Å². The summed E-state index contributed by atoms with van der Waals surface area (Å²) >= 11 is 0. The summed E-state index contributed by atoms with van der Waals surface area (Å²) < 4.78 is 22.7. The lowest BCUT2D eigenvalue weighted by atomic mass is 10.1. The Morgan fingerprint density at radius 2 is 1.82 bits per heavy atom. The lowest BCUT2D eigenvalue weighted by Gasteiger charge is -2.17. The van der Waals surface area contributed by atoms with E-state index in [1.54, 1.807) is 6.92 Å². The average Bonchev–Trinajstić information content (AvgIpc) is 3.09. The second kappa shape index (κ2) is 6.60. The van der Waals surface area contributed by atoms with Gasteiger partial charge in [-0.3, -0.25) is 0 Å². The van der Waals surface area contributed by atoms with Gasteiger partial charge in [-0.25, -0.2) is 4.79 Å². The minimum atomic E-state index is -0.411. The molecule has 118 valence electrons. The van der Waals surface area contributed by atoms with Crippen molar-refractivity contribution in [1.29, 1.82) is 0 Å². The van der Waals surface area contributed by atoms with E-state index in [9.17, 15) is 4.79 Å². The van der Waals surface area contributed by atoms with E-state index in [0.29, 0.717) is 25.4 Å². The Morgan fingerprint density at radius 1 is 1.18 bits per heavy atom. The molecule has 0 saturated carbocycles. The monoisotopic (exact) mass is 304 g/mol. The maximum absolute atomic E-state index is 11.6. The molecular formula is C17H20O5. The third-order valence-electron chi connectivity index (χ3n) is 3.88. The summed E-state index contributed by atoms with van der Waals surface area (Å²) in [4.78, 5) is 11.6. The molecule has 2 aliphatic rings. The minimum Gasteiger partial charge on any atom is -0.454 e. The van der Waals surface area contributed by atoms with E-state index in [-0.39, 0.29) is 24.4 Å². The van der Waals surface area contributed by atoms with Gasteiger partial charge in [-0.1, -0.05) is 36.9 Å². The quantitative estimate of drug-likeness (QED) is 0.614. The minimum absolute atomic E-state index is 0.140. The van der Waals surface area contributed by atoms with Gasteiger partial charge < -0.3 is 18.9 Å². The molecule has 1 aromatic rings. The highest BCUT2D eigenvalue weighted by molar-refractivity contribution is 5.87. The third-order valence-corrected chi connectivity index (χ3v) is 3.88. The van der Waals surface area contributed by atoms with Crippen LogP contribution in [0, 0.1) is 0 Å². The molecule has 2 aliphatic heterocycles. The molecule has 0 aromatic heterocycles. The number of benzene rings is 1. The first-order valence-corrected chi connectivity index (χ1v) is 7.40. The molecule has 0 spiro atoms. The van der Waals surface area contributed by atoms with Crippen molar-refractivity contribution < 1.29 is 23.7 Å². The van der Waals surface area contributed by atoms with Gasteiger partial charge in [0.25, 0.3) is 0 Å². The number of fused-ring (bicyclic) bond motifs is 1. The molecule has 4 atom stereocenters. The number of esters is 1. The van der Waals surface area contributed by atoms with Crippen LogP contribution in [-0.2, 0) is 30.3 Å². The van der Waals surface area contributed by atoms with Crippen molar-refractivity contribution in [3.8, 4) is 0 Å². The van der Waals surface area contributed by atoms with Gasteiger partial charge in [0.15, 0.2) is 6.10 Å². The van der Waals surface area contributed by atoms with Crippen molar-refractivity contribution in [1.82, 2.24) is 0 Å². The van der Waals surface area contributed by atoms with Crippen molar-refractivity contribution >= 4 is 5.97 Å². The van der Waals surface area contributed by atoms with Gasteiger partial charge in [0.1, 0.15) is 18.3 Å². The van der Waals surface area contributed by atoms with Crippen LogP contribution in [0.4, 0.5) is 0 Å². The van der Waals surface area contributed by atoms with Gasteiger partial charge in [0.2, 0.25) is 0 Å². The van der Waals surface area contributed by atoms with Crippen molar-refractivity contribution in [3.05, 3.63) is 48.0 Å². The van der Waals surface area contributed by atoms with Gasteiger partial charge in [0, 0.05) is 5.57 Å². The first-order chi connectivity index (χ1) is 10.6. The molecule has 0 amide bonds. The van der Waals surface area contributed by atoms with Gasteiger partial charge in [0.05, 0.1) is 19.8 Å². The van der Waals surface area contributed by atoms with E-state index in [0.717, 1.165) is 5.56 Å². The fourth-order valence-electron chi connectivity index (χ4n) is 2.69. The van der Waals surface area contributed by atoms with E-state index in [4.69, 9.17) is 18.9 Å². The Bertz CT molecular complexity index is 541. The highest BCUT2D eigenvalue weighted by Crippen LogP contribution is 2.31. The number of carbonyl (C=O) groups excluding carboxylic acids is 1. The number of hydrogen-bond acceptors (Lipinski definition) is 5. The highest BCUT2D eigenvalue weighted by Gasteiger charge is 2.50. The molecule has 2 fully saturated rings. The molecule has 0 aliphatic carbocycles. The van der Waals surface area contributed by atoms with Crippen LogP contribution in [0.15, 0.2) is 42.5 Å². The largest absolute Gasteiger partial charge is 0.454 e. The van der Waals surface area contributed by atoms with Crippen LogP contribution in [0.5, 0.6) is 0 Å². The summed E-state index contributed by atoms with van der Waals surface area (Å²) in [6, 6.07) is 9.96. The Hall–Kier alpha value is -1.69. The van der Waals surface area contributed by atoms with Gasteiger partial charge in [-0.2, -0.15) is 0 Å². The SMILES string of the molecule is C=C(C)C(=O)O[C@H]1CO[C@H]2[C@@H]1OC[C@H]2OCc1ccccc1. The van der Waals surface area contributed by atoms with Crippen molar-refractivity contribution in [2.75, 3.05) is 13.2 Å². The molecule has 0 bridgehead atoms. The topological polar surface area (TPSA) is 54.0 Å². The summed E-state index contributed by atoms with van der Waals surface area (Å²) in [5.41, 5.74) is 1.48. The Balaban J connectivity index is 1.54. The number of carbonyl (C=O) groups is 1.